The highest BCUT2D eigenvalue weighted by molar-refractivity contribution is 9.10. The SMILES string of the molecule is CCCOc1ccc(C(=O)Nc2ccc(C)cc2Br)cc1. The molecule has 4 heteroatoms. The number of ether oxygens (including phenoxy) is 1. The van der Waals surface area contributed by atoms with Gasteiger partial charge in [0, 0.05) is 10.0 Å². The van der Waals surface area contributed by atoms with Crippen LogP contribution in [0.25, 0.3) is 0 Å². The summed E-state index contributed by atoms with van der Waals surface area (Å²) >= 11 is 3.45. The van der Waals surface area contributed by atoms with Gasteiger partial charge in [0.1, 0.15) is 5.75 Å². The Morgan fingerprint density at radius 3 is 2.52 bits per heavy atom. The Labute approximate surface area is 133 Å². The maximum atomic E-state index is 12.2. The van der Waals surface area contributed by atoms with Crippen molar-refractivity contribution in [1.82, 2.24) is 0 Å². The molecule has 1 N–H and O–H groups in total. The fourth-order valence-electron chi connectivity index (χ4n) is 1.84. The summed E-state index contributed by atoms with van der Waals surface area (Å²) < 4.78 is 6.38. The molecule has 0 unspecified atom stereocenters. The quantitative estimate of drug-likeness (QED) is 0.843. The van der Waals surface area contributed by atoms with E-state index in [4.69, 9.17) is 4.74 Å². The molecule has 0 aliphatic heterocycles. The van der Waals surface area contributed by atoms with Gasteiger partial charge in [0.25, 0.3) is 5.91 Å². The Morgan fingerprint density at radius 1 is 1.19 bits per heavy atom. The summed E-state index contributed by atoms with van der Waals surface area (Å²) in [6.45, 7) is 4.74. The van der Waals surface area contributed by atoms with Gasteiger partial charge in [-0.15, -0.1) is 0 Å². The lowest BCUT2D eigenvalue weighted by atomic mass is 10.2. The molecule has 110 valence electrons. The first-order valence-corrected chi connectivity index (χ1v) is 7.70. The molecule has 2 rings (SSSR count). The summed E-state index contributed by atoms with van der Waals surface area (Å²) in [4.78, 5) is 12.2. The van der Waals surface area contributed by atoms with E-state index >= 15 is 0 Å². The summed E-state index contributed by atoms with van der Waals surface area (Å²) in [6, 6.07) is 13.0. The molecule has 0 heterocycles. The van der Waals surface area contributed by atoms with Crippen LogP contribution in [0.4, 0.5) is 5.69 Å². The lowest BCUT2D eigenvalue weighted by Crippen LogP contribution is -2.12. The van der Waals surface area contributed by atoms with E-state index in [2.05, 4.69) is 28.2 Å². The summed E-state index contributed by atoms with van der Waals surface area (Å²) in [5, 5.41) is 2.89. The molecule has 0 aromatic heterocycles. The first-order chi connectivity index (χ1) is 10.1. The number of halogens is 1. The van der Waals surface area contributed by atoms with Crippen molar-refractivity contribution >= 4 is 27.5 Å². The lowest BCUT2D eigenvalue weighted by Gasteiger charge is -2.09. The molecular formula is C17H18BrNO2. The van der Waals surface area contributed by atoms with Crippen LogP contribution in [-0.4, -0.2) is 12.5 Å². The highest BCUT2D eigenvalue weighted by Crippen LogP contribution is 2.24. The highest BCUT2D eigenvalue weighted by Gasteiger charge is 2.08. The average Bonchev–Trinajstić information content (AvgIpc) is 2.48. The third kappa shape index (κ3) is 4.33. The van der Waals surface area contributed by atoms with Gasteiger partial charge in [-0.2, -0.15) is 0 Å². The zero-order valence-electron chi connectivity index (χ0n) is 12.2. The smallest absolute Gasteiger partial charge is 0.255 e. The van der Waals surface area contributed by atoms with Crippen LogP contribution in [0.5, 0.6) is 5.75 Å². The van der Waals surface area contributed by atoms with Crippen molar-refractivity contribution in [2.24, 2.45) is 0 Å². The summed E-state index contributed by atoms with van der Waals surface area (Å²) in [7, 11) is 0. The van der Waals surface area contributed by atoms with Gasteiger partial charge in [0.05, 0.1) is 12.3 Å². The van der Waals surface area contributed by atoms with E-state index in [0.29, 0.717) is 12.2 Å². The molecule has 1 amide bonds. The highest BCUT2D eigenvalue weighted by atomic mass is 79.9. The Morgan fingerprint density at radius 2 is 1.90 bits per heavy atom. The predicted octanol–water partition coefficient (Wildman–Crippen LogP) is 4.80. The first-order valence-electron chi connectivity index (χ1n) is 6.90. The number of nitrogens with one attached hydrogen (secondary N) is 1. The molecule has 2 aromatic carbocycles. The third-order valence-electron chi connectivity index (χ3n) is 2.96. The molecule has 0 radical (unpaired) electrons. The number of carbonyl (C=O) groups is 1. The molecule has 2 aromatic rings. The van der Waals surface area contributed by atoms with Crippen molar-refractivity contribution in [1.29, 1.82) is 0 Å². The minimum Gasteiger partial charge on any atom is -0.494 e. The first kappa shape index (κ1) is 15.6. The number of anilines is 1. The summed E-state index contributed by atoms with van der Waals surface area (Å²) in [5.74, 6) is 0.645. The van der Waals surface area contributed by atoms with Crippen LogP contribution in [0.15, 0.2) is 46.9 Å². The fourth-order valence-corrected chi connectivity index (χ4v) is 2.43. The van der Waals surface area contributed by atoms with E-state index in [0.717, 1.165) is 27.9 Å². The monoisotopic (exact) mass is 347 g/mol. The number of amides is 1. The maximum absolute atomic E-state index is 12.2. The lowest BCUT2D eigenvalue weighted by molar-refractivity contribution is 0.102. The van der Waals surface area contributed by atoms with E-state index in [-0.39, 0.29) is 5.91 Å². The van der Waals surface area contributed by atoms with Crippen LogP contribution < -0.4 is 10.1 Å². The maximum Gasteiger partial charge on any atom is 0.255 e. The van der Waals surface area contributed by atoms with Crippen molar-refractivity contribution in [3.05, 3.63) is 58.1 Å². The second kappa shape index (κ2) is 7.27. The number of hydrogen-bond donors (Lipinski definition) is 1. The van der Waals surface area contributed by atoms with Crippen molar-refractivity contribution in [3.8, 4) is 5.75 Å². The Hall–Kier alpha value is -1.81. The van der Waals surface area contributed by atoms with Crippen LogP contribution in [-0.2, 0) is 0 Å². The molecule has 3 nitrogen and oxygen atoms in total. The zero-order chi connectivity index (χ0) is 15.2. The van der Waals surface area contributed by atoms with Crippen molar-refractivity contribution < 1.29 is 9.53 Å². The number of hydrogen-bond acceptors (Lipinski definition) is 2. The molecule has 0 saturated carbocycles. The molecule has 21 heavy (non-hydrogen) atoms. The van der Waals surface area contributed by atoms with Crippen molar-refractivity contribution in [2.75, 3.05) is 11.9 Å². The van der Waals surface area contributed by atoms with Gasteiger partial charge < -0.3 is 10.1 Å². The Balaban J connectivity index is 2.06. The minimum atomic E-state index is -0.137. The standard InChI is InChI=1S/C17H18BrNO2/c1-3-10-21-14-7-5-13(6-8-14)17(20)19-16-9-4-12(2)11-15(16)18/h4-9,11H,3,10H2,1-2H3,(H,19,20). The van der Waals surface area contributed by atoms with E-state index in [1.54, 1.807) is 12.1 Å². The molecule has 0 atom stereocenters. The van der Waals surface area contributed by atoms with Crippen molar-refractivity contribution in [3.63, 3.8) is 0 Å². The fraction of sp³-hybridized carbons (Fsp3) is 0.235. The van der Waals surface area contributed by atoms with Crippen LogP contribution in [0, 0.1) is 6.92 Å². The van der Waals surface area contributed by atoms with Crippen molar-refractivity contribution in [2.45, 2.75) is 20.3 Å². The second-order valence-corrected chi connectivity index (χ2v) is 5.66. The van der Waals surface area contributed by atoms with E-state index in [1.165, 1.54) is 0 Å². The van der Waals surface area contributed by atoms with E-state index in [1.807, 2.05) is 37.3 Å². The molecule has 0 aliphatic carbocycles. The Bertz CT molecular complexity index is 623. The molecule has 0 bridgehead atoms. The average molecular weight is 348 g/mol. The minimum absolute atomic E-state index is 0.137. The molecule has 0 spiro atoms. The molecule has 0 fully saturated rings. The summed E-state index contributed by atoms with van der Waals surface area (Å²) in [6.07, 6.45) is 0.962. The Kier molecular flexibility index (Phi) is 5.39. The molecule has 0 aliphatic rings. The van der Waals surface area contributed by atoms with Crippen LogP contribution in [0.2, 0.25) is 0 Å². The van der Waals surface area contributed by atoms with Gasteiger partial charge in [-0.05, 0) is 71.2 Å². The second-order valence-electron chi connectivity index (χ2n) is 4.81. The largest absolute Gasteiger partial charge is 0.494 e. The predicted molar refractivity (Wildman–Crippen MR) is 89.1 cm³/mol. The number of benzene rings is 2. The third-order valence-corrected chi connectivity index (χ3v) is 3.62. The number of aryl methyl sites for hydroxylation is 1. The topological polar surface area (TPSA) is 38.3 Å². The molecular weight excluding hydrogens is 330 g/mol. The van der Waals surface area contributed by atoms with Gasteiger partial charge in [-0.1, -0.05) is 13.0 Å². The molecule has 0 saturated heterocycles. The number of rotatable bonds is 5. The van der Waals surface area contributed by atoms with E-state index in [9.17, 15) is 4.79 Å². The summed E-state index contributed by atoms with van der Waals surface area (Å²) in [5.41, 5.74) is 2.50. The normalized spacial score (nSPS) is 10.2. The van der Waals surface area contributed by atoms with Crippen LogP contribution in [0.1, 0.15) is 29.3 Å². The van der Waals surface area contributed by atoms with Crippen LogP contribution >= 0.6 is 15.9 Å². The number of carbonyl (C=O) groups excluding carboxylic acids is 1. The van der Waals surface area contributed by atoms with Gasteiger partial charge in [-0.25, -0.2) is 0 Å². The van der Waals surface area contributed by atoms with Gasteiger partial charge in [0.15, 0.2) is 0 Å². The van der Waals surface area contributed by atoms with Gasteiger partial charge in [0.2, 0.25) is 0 Å². The van der Waals surface area contributed by atoms with E-state index < -0.39 is 0 Å². The zero-order valence-corrected chi connectivity index (χ0v) is 13.7. The van der Waals surface area contributed by atoms with Gasteiger partial charge >= 0.3 is 0 Å². The van der Waals surface area contributed by atoms with Gasteiger partial charge in [-0.3, -0.25) is 4.79 Å². The van der Waals surface area contributed by atoms with Crippen LogP contribution in [0.3, 0.4) is 0 Å².